The van der Waals surface area contributed by atoms with Gasteiger partial charge in [-0.2, -0.15) is 0 Å². The van der Waals surface area contributed by atoms with Crippen LogP contribution in [0.15, 0.2) is 24.3 Å². The third kappa shape index (κ3) is 3.78. The SMILES string of the molecule is CC1CCCCN1C(=O)CN1CCC(O)(c2ccc(F)cc2)CC1. The van der Waals surface area contributed by atoms with Gasteiger partial charge < -0.3 is 10.0 Å². The molecule has 1 amide bonds. The number of carbonyl (C=O) groups excluding carboxylic acids is 1. The molecule has 0 bridgehead atoms. The Hall–Kier alpha value is -1.46. The molecule has 3 rings (SSSR count). The summed E-state index contributed by atoms with van der Waals surface area (Å²) in [6.07, 6.45) is 4.54. The van der Waals surface area contributed by atoms with Crippen molar-refractivity contribution in [2.24, 2.45) is 0 Å². The number of nitrogens with zero attached hydrogens (tertiary/aromatic N) is 2. The lowest BCUT2D eigenvalue weighted by Gasteiger charge is -2.40. The summed E-state index contributed by atoms with van der Waals surface area (Å²) in [6, 6.07) is 6.44. The quantitative estimate of drug-likeness (QED) is 0.924. The minimum Gasteiger partial charge on any atom is -0.385 e. The van der Waals surface area contributed by atoms with Crippen LogP contribution < -0.4 is 0 Å². The topological polar surface area (TPSA) is 43.8 Å². The highest BCUT2D eigenvalue weighted by molar-refractivity contribution is 5.78. The van der Waals surface area contributed by atoms with Gasteiger partial charge in [0.2, 0.25) is 5.91 Å². The van der Waals surface area contributed by atoms with Gasteiger partial charge in [-0.15, -0.1) is 0 Å². The molecule has 0 saturated carbocycles. The number of hydrogen-bond donors (Lipinski definition) is 1. The minimum absolute atomic E-state index is 0.203. The molecular formula is C19H27FN2O2. The maximum atomic E-state index is 13.1. The van der Waals surface area contributed by atoms with Crippen molar-refractivity contribution in [1.82, 2.24) is 9.80 Å². The van der Waals surface area contributed by atoms with E-state index in [1.165, 1.54) is 18.6 Å². The van der Waals surface area contributed by atoms with Crippen molar-refractivity contribution in [3.05, 3.63) is 35.6 Å². The van der Waals surface area contributed by atoms with Crippen LogP contribution in [-0.2, 0) is 10.4 Å². The van der Waals surface area contributed by atoms with Crippen LogP contribution in [0.3, 0.4) is 0 Å². The molecule has 2 heterocycles. The summed E-state index contributed by atoms with van der Waals surface area (Å²) in [6.45, 7) is 4.79. The van der Waals surface area contributed by atoms with Crippen LogP contribution in [0.2, 0.25) is 0 Å². The van der Waals surface area contributed by atoms with Crippen LogP contribution >= 0.6 is 0 Å². The van der Waals surface area contributed by atoms with Crippen LogP contribution in [0.25, 0.3) is 0 Å². The molecular weight excluding hydrogens is 307 g/mol. The summed E-state index contributed by atoms with van der Waals surface area (Å²) in [4.78, 5) is 16.7. The number of piperidine rings is 2. The van der Waals surface area contributed by atoms with E-state index >= 15 is 0 Å². The van der Waals surface area contributed by atoms with Crippen molar-refractivity contribution in [2.45, 2.75) is 50.7 Å². The summed E-state index contributed by atoms with van der Waals surface area (Å²) >= 11 is 0. The summed E-state index contributed by atoms with van der Waals surface area (Å²) in [7, 11) is 0. The van der Waals surface area contributed by atoms with E-state index in [0.29, 0.717) is 38.5 Å². The third-order valence-corrected chi connectivity index (χ3v) is 5.55. The predicted octanol–water partition coefficient (Wildman–Crippen LogP) is 2.51. The van der Waals surface area contributed by atoms with Gasteiger partial charge in [0.15, 0.2) is 0 Å². The number of aliphatic hydroxyl groups is 1. The van der Waals surface area contributed by atoms with Gasteiger partial charge in [0.25, 0.3) is 0 Å². The Balaban J connectivity index is 1.55. The molecule has 0 radical (unpaired) electrons. The first-order valence-electron chi connectivity index (χ1n) is 8.98. The van der Waals surface area contributed by atoms with Crippen LogP contribution in [0.5, 0.6) is 0 Å². The van der Waals surface area contributed by atoms with Gasteiger partial charge in [-0.05, 0) is 56.7 Å². The van der Waals surface area contributed by atoms with E-state index in [1.807, 2.05) is 4.90 Å². The molecule has 1 aromatic carbocycles. The Morgan fingerprint density at radius 1 is 1.21 bits per heavy atom. The fraction of sp³-hybridized carbons (Fsp3) is 0.632. The zero-order chi connectivity index (χ0) is 17.2. The van der Waals surface area contributed by atoms with Crippen LogP contribution in [0.1, 0.15) is 44.6 Å². The Morgan fingerprint density at radius 3 is 2.50 bits per heavy atom. The molecule has 1 N–H and O–H groups in total. The zero-order valence-corrected chi connectivity index (χ0v) is 14.4. The number of benzene rings is 1. The maximum Gasteiger partial charge on any atom is 0.236 e. The van der Waals surface area contributed by atoms with Crippen molar-refractivity contribution in [3.63, 3.8) is 0 Å². The molecule has 0 spiro atoms. The molecule has 1 unspecified atom stereocenters. The van der Waals surface area contributed by atoms with Gasteiger partial charge in [-0.3, -0.25) is 9.69 Å². The van der Waals surface area contributed by atoms with E-state index in [0.717, 1.165) is 24.9 Å². The molecule has 0 aromatic heterocycles. The normalized spacial score (nSPS) is 24.8. The zero-order valence-electron chi connectivity index (χ0n) is 14.4. The lowest BCUT2D eigenvalue weighted by Crippen LogP contribution is -2.50. The second-order valence-electron chi connectivity index (χ2n) is 7.25. The Labute approximate surface area is 143 Å². The van der Waals surface area contributed by atoms with Crippen LogP contribution in [0.4, 0.5) is 4.39 Å². The standard InChI is InChI=1S/C19H27FN2O2/c1-15-4-2-3-11-22(15)18(23)14-21-12-9-19(24,10-13-21)16-5-7-17(20)8-6-16/h5-8,15,24H,2-4,9-14H2,1H3. The summed E-state index contributed by atoms with van der Waals surface area (Å²) < 4.78 is 13.1. The predicted molar refractivity (Wildman–Crippen MR) is 91.0 cm³/mol. The molecule has 2 aliphatic heterocycles. The Morgan fingerprint density at radius 2 is 1.88 bits per heavy atom. The Bertz CT molecular complexity index is 567. The largest absolute Gasteiger partial charge is 0.385 e. The van der Waals surface area contributed by atoms with Crippen molar-refractivity contribution >= 4 is 5.91 Å². The molecule has 2 aliphatic rings. The lowest BCUT2D eigenvalue weighted by atomic mass is 9.84. The molecule has 2 fully saturated rings. The van der Waals surface area contributed by atoms with Crippen molar-refractivity contribution in [3.8, 4) is 0 Å². The summed E-state index contributed by atoms with van der Waals surface area (Å²) in [5.41, 5.74) is -0.148. The van der Waals surface area contributed by atoms with Gasteiger partial charge in [0, 0.05) is 25.7 Å². The molecule has 1 aromatic rings. The second kappa shape index (κ2) is 7.19. The van der Waals surface area contributed by atoms with Gasteiger partial charge in [0.1, 0.15) is 5.82 Å². The lowest BCUT2D eigenvalue weighted by molar-refractivity contribution is -0.137. The fourth-order valence-electron chi connectivity index (χ4n) is 3.88. The van der Waals surface area contributed by atoms with Gasteiger partial charge in [0.05, 0.1) is 12.1 Å². The molecule has 0 aliphatic carbocycles. The average molecular weight is 334 g/mol. The van der Waals surface area contributed by atoms with Crippen molar-refractivity contribution < 1.29 is 14.3 Å². The van der Waals surface area contributed by atoms with Gasteiger partial charge >= 0.3 is 0 Å². The Kier molecular flexibility index (Phi) is 5.21. The van der Waals surface area contributed by atoms with E-state index in [9.17, 15) is 14.3 Å². The highest BCUT2D eigenvalue weighted by atomic mass is 19.1. The first-order valence-corrected chi connectivity index (χ1v) is 8.98. The van der Waals surface area contributed by atoms with E-state index in [4.69, 9.17) is 0 Å². The highest BCUT2D eigenvalue weighted by Crippen LogP contribution is 2.32. The molecule has 4 nitrogen and oxygen atoms in total. The smallest absolute Gasteiger partial charge is 0.236 e. The molecule has 2 saturated heterocycles. The van der Waals surface area contributed by atoms with E-state index in [1.54, 1.807) is 12.1 Å². The number of carbonyl (C=O) groups is 1. The maximum absolute atomic E-state index is 13.1. The number of rotatable bonds is 3. The molecule has 132 valence electrons. The van der Waals surface area contributed by atoms with Crippen molar-refractivity contribution in [2.75, 3.05) is 26.2 Å². The number of hydrogen-bond acceptors (Lipinski definition) is 3. The third-order valence-electron chi connectivity index (χ3n) is 5.55. The van der Waals surface area contributed by atoms with E-state index in [-0.39, 0.29) is 11.7 Å². The average Bonchev–Trinajstić information content (AvgIpc) is 2.58. The van der Waals surface area contributed by atoms with Gasteiger partial charge in [-0.1, -0.05) is 12.1 Å². The number of likely N-dealkylation sites (tertiary alicyclic amines) is 2. The number of amides is 1. The van der Waals surface area contributed by atoms with Crippen molar-refractivity contribution in [1.29, 1.82) is 0 Å². The highest BCUT2D eigenvalue weighted by Gasteiger charge is 2.35. The fourth-order valence-corrected chi connectivity index (χ4v) is 3.88. The molecule has 1 atom stereocenters. The molecule has 24 heavy (non-hydrogen) atoms. The number of halogens is 1. The minimum atomic E-state index is -0.911. The van der Waals surface area contributed by atoms with E-state index < -0.39 is 5.60 Å². The van der Waals surface area contributed by atoms with Crippen LogP contribution in [0, 0.1) is 5.82 Å². The summed E-state index contributed by atoms with van der Waals surface area (Å²) in [5, 5.41) is 10.8. The molecule has 5 heteroatoms. The van der Waals surface area contributed by atoms with Gasteiger partial charge in [-0.25, -0.2) is 4.39 Å². The second-order valence-corrected chi connectivity index (χ2v) is 7.25. The monoisotopic (exact) mass is 334 g/mol. The van der Waals surface area contributed by atoms with E-state index in [2.05, 4.69) is 11.8 Å². The summed E-state index contributed by atoms with van der Waals surface area (Å²) in [5.74, 6) is -0.0875. The first kappa shape index (κ1) is 17.4. The van der Waals surface area contributed by atoms with Crippen LogP contribution in [-0.4, -0.2) is 53.0 Å². The first-order chi connectivity index (χ1) is 11.5.